The smallest absolute Gasteiger partial charge is 0.273 e. The number of carbonyl (C=O) groups is 1. The lowest BCUT2D eigenvalue weighted by atomic mass is 10.1. The fourth-order valence-electron chi connectivity index (χ4n) is 2.08. The van der Waals surface area contributed by atoms with Gasteiger partial charge in [-0.1, -0.05) is 6.07 Å². The summed E-state index contributed by atoms with van der Waals surface area (Å²) in [4.78, 5) is 27.5. The third kappa shape index (κ3) is 2.31. The highest BCUT2D eigenvalue weighted by Crippen LogP contribution is 2.22. The Kier molecular flexibility index (Phi) is 3.33. The van der Waals surface area contributed by atoms with Gasteiger partial charge in [-0.25, -0.2) is 4.52 Å². The average Bonchev–Trinajstić information content (AvgIpc) is 3.01. The molecule has 0 aliphatic rings. The maximum atomic E-state index is 12.3. The van der Waals surface area contributed by atoms with Gasteiger partial charge in [0.15, 0.2) is 0 Å². The molecule has 0 atom stereocenters. The SMILES string of the molecule is Cc1c(C(=O)Nc2nc3scc(C)n3n2)cccc1[N+](=O)[O-]. The van der Waals surface area contributed by atoms with Gasteiger partial charge in [-0.15, -0.1) is 16.4 Å². The third-order valence-electron chi connectivity index (χ3n) is 3.22. The number of thiazole rings is 1. The number of carbonyl (C=O) groups excluding carboxylic acids is 1. The second-order valence-electron chi connectivity index (χ2n) is 4.67. The van der Waals surface area contributed by atoms with Crippen molar-refractivity contribution in [2.24, 2.45) is 0 Å². The Morgan fingerprint density at radius 1 is 1.41 bits per heavy atom. The van der Waals surface area contributed by atoms with Gasteiger partial charge in [0.25, 0.3) is 17.5 Å². The molecule has 0 aliphatic heterocycles. The van der Waals surface area contributed by atoms with E-state index in [4.69, 9.17) is 0 Å². The number of aryl methyl sites for hydroxylation is 1. The molecule has 1 N–H and O–H groups in total. The van der Waals surface area contributed by atoms with Crippen LogP contribution in [0.1, 0.15) is 21.6 Å². The van der Waals surface area contributed by atoms with Crippen molar-refractivity contribution in [1.82, 2.24) is 14.6 Å². The van der Waals surface area contributed by atoms with Gasteiger partial charge in [-0.3, -0.25) is 20.2 Å². The van der Waals surface area contributed by atoms with Crippen LogP contribution in [0.3, 0.4) is 0 Å². The molecule has 2 aromatic heterocycles. The first-order chi connectivity index (χ1) is 10.5. The molecular weight excluding hydrogens is 306 g/mol. The third-order valence-corrected chi connectivity index (χ3v) is 4.15. The van der Waals surface area contributed by atoms with Gasteiger partial charge in [0, 0.05) is 22.6 Å². The summed E-state index contributed by atoms with van der Waals surface area (Å²) in [6.07, 6.45) is 0. The number of benzene rings is 1. The summed E-state index contributed by atoms with van der Waals surface area (Å²) < 4.78 is 1.63. The van der Waals surface area contributed by atoms with Crippen molar-refractivity contribution in [3.63, 3.8) is 0 Å². The fraction of sp³-hybridized carbons (Fsp3) is 0.154. The summed E-state index contributed by atoms with van der Waals surface area (Å²) in [5.41, 5.74) is 1.35. The van der Waals surface area contributed by atoms with Crippen molar-refractivity contribution >= 4 is 33.8 Å². The van der Waals surface area contributed by atoms with Crippen molar-refractivity contribution in [3.8, 4) is 0 Å². The average molecular weight is 317 g/mol. The Hall–Kier alpha value is -2.81. The molecule has 1 amide bonds. The zero-order valence-corrected chi connectivity index (χ0v) is 12.5. The highest BCUT2D eigenvalue weighted by molar-refractivity contribution is 7.15. The van der Waals surface area contributed by atoms with E-state index in [0.29, 0.717) is 10.5 Å². The van der Waals surface area contributed by atoms with Crippen LogP contribution in [-0.2, 0) is 0 Å². The van der Waals surface area contributed by atoms with Crippen molar-refractivity contribution in [1.29, 1.82) is 0 Å². The molecule has 2 heterocycles. The normalized spacial score (nSPS) is 10.8. The number of nitrogens with one attached hydrogen (secondary N) is 1. The lowest BCUT2D eigenvalue weighted by Crippen LogP contribution is -2.15. The Morgan fingerprint density at radius 2 is 2.18 bits per heavy atom. The molecule has 0 saturated heterocycles. The maximum absolute atomic E-state index is 12.3. The Labute approximate surface area is 128 Å². The van der Waals surface area contributed by atoms with E-state index >= 15 is 0 Å². The first kappa shape index (κ1) is 14.1. The Balaban J connectivity index is 1.91. The summed E-state index contributed by atoms with van der Waals surface area (Å²) in [5.74, 6) is -0.303. The number of aromatic nitrogens is 3. The van der Waals surface area contributed by atoms with Crippen molar-refractivity contribution in [3.05, 3.63) is 50.5 Å². The van der Waals surface area contributed by atoms with Crippen LogP contribution in [0.25, 0.3) is 4.96 Å². The monoisotopic (exact) mass is 317 g/mol. The fourth-order valence-corrected chi connectivity index (χ4v) is 2.88. The number of hydrogen-bond acceptors (Lipinski definition) is 6. The summed E-state index contributed by atoms with van der Waals surface area (Å²) in [5, 5.41) is 19.6. The van der Waals surface area contributed by atoms with Crippen LogP contribution in [0.2, 0.25) is 0 Å². The summed E-state index contributed by atoms with van der Waals surface area (Å²) in [7, 11) is 0. The van der Waals surface area contributed by atoms with Crippen LogP contribution in [-0.4, -0.2) is 25.4 Å². The molecule has 112 valence electrons. The molecule has 0 unspecified atom stereocenters. The largest absolute Gasteiger partial charge is 0.289 e. The summed E-state index contributed by atoms with van der Waals surface area (Å²) >= 11 is 1.42. The maximum Gasteiger partial charge on any atom is 0.273 e. The number of amides is 1. The van der Waals surface area contributed by atoms with E-state index in [9.17, 15) is 14.9 Å². The Bertz CT molecular complexity index is 898. The molecule has 1 aromatic carbocycles. The lowest BCUT2D eigenvalue weighted by Gasteiger charge is -2.05. The molecule has 8 nitrogen and oxygen atoms in total. The van der Waals surface area contributed by atoms with Gasteiger partial charge in [-0.2, -0.15) is 4.98 Å². The number of hydrogen-bond donors (Lipinski definition) is 1. The molecule has 0 spiro atoms. The van der Waals surface area contributed by atoms with Gasteiger partial charge >= 0.3 is 0 Å². The number of fused-ring (bicyclic) bond motifs is 1. The lowest BCUT2D eigenvalue weighted by molar-refractivity contribution is -0.385. The van der Waals surface area contributed by atoms with Crippen LogP contribution in [0.15, 0.2) is 23.6 Å². The zero-order valence-electron chi connectivity index (χ0n) is 11.7. The number of nitro groups is 1. The van der Waals surface area contributed by atoms with E-state index in [2.05, 4.69) is 15.4 Å². The molecule has 3 rings (SSSR count). The van der Waals surface area contributed by atoms with Gasteiger partial charge in [0.1, 0.15) is 0 Å². The minimum Gasteiger partial charge on any atom is -0.289 e. The predicted molar refractivity (Wildman–Crippen MR) is 81.4 cm³/mol. The van der Waals surface area contributed by atoms with Crippen LogP contribution in [0.4, 0.5) is 11.6 Å². The van der Waals surface area contributed by atoms with E-state index in [1.165, 1.54) is 36.5 Å². The predicted octanol–water partition coefficient (Wildman–Crippen LogP) is 2.57. The van der Waals surface area contributed by atoms with Gasteiger partial charge in [-0.05, 0) is 19.9 Å². The first-order valence-electron chi connectivity index (χ1n) is 6.33. The summed E-state index contributed by atoms with van der Waals surface area (Å²) in [6.45, 7) is 3.42. The van der Waals surface area contributed by atoms with Crippen LogP contribution in [0, 0.1) is 24.0 Å². The molecule has 22 heavy (non-hydrogen) atoms. The molecular formula is C13H11N5O3S. The van der Waals surface area contributed by atoms with Gasteiger partial charge in [0.2, 0.25) is 4.96 Å². The number of rotatable bonds is 3. The molecule has 0 aliphatic carbocycles. The Morgan fingerprint density at radius 3 is 2.86 bits per heavy atom. The second kappa shape index (κ2) is 5.19. The summed E-state index contributed by atoms with van der Waals surface area (Å²) in [6, 6.07) is 4.37. The topological polar surface area (TPSA) is 102 Å². The van der Waals surface area contributed by atoms with Crippen LogP contribution < -0.4 is 5.32 Å². The van der Waals surface area contributed by atoms with E-state index in [0.717, 1.165) is 5.69 Å². The number of nitro benzene ring substituents is 1. The van der Waals surface area contributed by atoms with Gasteiger partial charge in [0.05, 0.1) is 10.6 Å². The van der Waals surface area contributed by atoms with E-state index in [-0.39, 0.29) is 17.2 Å². The van der Waals surface area contributed by atoms with Gasteiger partial charge < -0.3 is 0 Å². The standard InChI is InChI=1S/C13H11N5O3S/c1-7-6-22-13-15-12(16-17(7)13)14-11(19)9-4-3-5-10(8(9)2)18(20)21/h3-6H,1-2H3,(H,14,16,19). The number of nitrogens with zero attached hydrogens (tertiary/aromatic N) is 4. The van der Waals surface area contributed by atoms with Crippen molar-refractivity contribution in [2.75, 3.05) is 5.32 Å². The zero-order chi connectivity index (χ0) is 15.9. The minimum absolute atomic E-state index is 0.0951. The first-order valence-corrected chi connectivity index (χ1v) is 7.21. The second-order valence-corrected chi connectivity index (χ2v) is 5.50. The quantitative estimate of drug-likeness (QED) is 0.591. The van der Waals surface area contributed by atoms with E-state index < -0.39 is 10.8 Å². The molecule has 3 aromatic rings. The molecule has 9 heteroatoms. The van der Waals surface area contributed by atoms with Crippen molar-refractivity contribution < 1.29 is 9.72 Å². The molecule has 0 fully saturated rings. The molecule has 0 bridgehead atoms. The van der Waals surface area contributed by atoms with Crippen LogP contribution in [0.5, 0.6) is 0 Å². The minimum atomic E-state index is -0.514. The van der Waals surface area contributed by atoms with Crippen LogP contribution >= 0.6 is 11.3 Å². The van der Waals surface area contributed by atoms with E-state index in [1.807, 2.05) is 12.3 Å². The molecule has 0 saturated carbocycles. The molecule has 0 radical (unpaired) electrons. The van der Waals surface area contributed by atoms with E-state index in [1.54, 1.807) is 4.52 Å². The highest BCUT2D eigenvalue weighted by atomic mass is 32.1. The highest BCUT2D eigenvalue weighted by Gasteiger charge is 2.19. The number of anilines is 1. The van der Waals surface area contributed by atoms with Crippen molar-refractivity contribution in [2.45, 2.75) is 13.8 Å².